The number of aliphatic hydroxyl groups excluding tert-OH is 8. The van der Waals surface area contributed by atoms with Crippen molar-refractivity contribution in [3.8, 4) is 0 Å². The fraction of sp³-hybridized carbons (Fsp3) is 0.810. The second kappa shape index (κ2) is 43.9. The number of hydrogen-bond donors (Lipinski definition) is 9. The highest BCUT2D eigenvalue weighted by Gasteiger charge is 2.51. The van der Waals surface area contributed by atoms with Gasteiger partial charge in [-0.15, -0.1) is 0 Å². The molecule has 2 heterocycles. The van der Waals surface area contributed by atoms with Crippen LogP contribution in [0.1, 0.15) is 206 Å². The van der Waals surface area contributed by atoms with Gasteiger partial charge in [0.05, 0.1) is 32.0 Å². The average Bonchev–Trinajstić information content (AvgIpc) is 3.38. The van der Waals surface area contributed by atoms with Gasteiger partial charge in [0.15, 0.2) is 12.6 Å². The first-order valence-corrected chi connectivity index (χ1v) is 28.5. The summed E-state index contributed by atoms with van der Waals surface area (Å²) in [7, 11) is 0. The zero-order chi connectivity index (χ0) is 52.4. The van der Waals surface area contributed by atoms with Crippen molar-refractivity contribution in [3.05, 3.63) is 60.8 Å². The molecular formula is C58H103NO13. The number of allylic oxidation sites excluding steroid dienone is 9. The molecule has 418 valence electrons. The minimum absolute atomic E-state index is 0.227. The Hall–Kier alpha value is -2.31. The molecule has 0 bridgehead atoms. The van der Waals surface area contributed by atoms with E-state index in [1.54, 1.807) is 6.08 Å². The second-order valence-corrected chi connectivity index (χ2v) is 20.0. The fourth-order valence-corrected chi connectivity index (χ4v) is 9.11. The van der Waals surface area contributed by atoms with Crippen molar-refractivity contribution in [2.24, 2.45) is 0 Å². The van der Waals surface area contributed by atoms with E-state index in [0.717, 1.165) is 57.8 Å². The Morgan fingerprint density at radius 1 is 0.514 bits per heavy atom. The first-order chi connectivity index (χ1) is 35.1. The molecular weight excluding hydrogens is 919 g/mol. The predicted molar refractivity (Wildman–Crippen MR) is 286 cm³/mol. The SMILES string of the molecule is CC/C=C\C/C=C\C/C=C\C/C=C\CCCCC(=O)NC(COC1OC(CO)C(OC2OC(CO)C(O)C(O)C2O)C(O)C1O)C(O)/C=C/CCCCCCCCCCCCCCCCCCCCCCC. The van der Waals surface area contributed by atoms with Crippen molar-refractivity contribution in [2.45, 2.75) is 280 Å². The Balaban J connectivity index is 1.80. The molecule has 9 N–H and O–H groups in total. The van der Waals surface area contributed by atoms with Gasteiger partial charge in [0, 0.05) is 6.42 Å². The predicted octanol–water partition coefficient (Wildman–Crippen LogP) is 9.00. The summed E-state index contributed by atoms with van der Waals surface area (Å²) >= 11 is 0. The van der Waals surface area contributed by atoms with Crippen LogP contribution in [0.3, 0.4) is 0 Å². The maximum Gasteiger partial charge on any atom is 0.220 e. The minimum Gasteiger partial charge on any atom is -0.394 e. The molecule has 0 radical (unpaired) electrons. The maximum atomic E-state index is 13.2. The zero-order valence-corrected chi connectivity index (χ0v) is 44.7. The van der Waals surface area contributed by atoms with Crippen molar-refractivity contribution >= 4 is 5.91 Å². The molecule has 14 nitrogen and oxygen atoms in total. The van der Waals surface area contributed by atoms with Gasteiger partial charge >= 0.3 is 0 Å². The van der Waals surface area contributed by atoms with E-state index in [-0.39, 0.29) is 18.9 Å². The summed E-state index contributed by atoms with van der Waals surface area (Å²) in [5, 5.41) is 86.9. The Kier molecular flexibility index (Phi) is 40.1. The number of amides is 1. The standard InChI is InChI=1S/C58H103NO13/c1-3-5-7-9-11-13-15-17-19-20-21-22-23-24-25-26-28-29-31-33-35-37-39-41-47(62)46(59-50(63)42-40-38-36-34-32-30-27-18-16-14-12-10-8-6-4-2)45-69-57-55(68)53(66)56(49(44-61)71-57)72-58-54(67)52(65)51(64)48(43-60)70-58/h6,8,12,14,18,27,32,34,39,41,46-49,51-58,60-62,64-68H,3-5,7,9-11,13,15-17,19-26,28-31,33,35-38,40,42-45H2,1-2H3,(H,59,63)/b8-6-,14-12-,27-18-,34-32-,41-39+. The Labute approximate surface area is 435 Å². The fourth-order valence-electron chi connectivity index (χ4n) is 9.11. The van der Waals surface area contributed by atoms with Crippen molar-refractivity contribution in [3.63, 3.8) is 0 Å². The lowest BCUT2D eigenvalue weighted by molar-refractivity contribution is -0.359. The van der Waals surface area contributed by atoms with E-state index in [4.69, 9.17) is 18.9 Å². The van der Waals surface area contributed by atoms with Crippen LogP contribution in [-0.4, -0.2) is 140 Å². The number of aliphatic hydroxyl groups is 8. The van der Waals surface area contributed by atoms with E-state index in [0.29, 0.717) is 6.42 Å². The molecule has 0 aromatic carbocycles. The summed E-state index contributed by atoms with van der Waals surface area (Å²) in [6.07, 6.45) is 38.4. The lowest BCUT2D eigenvalue weighted by Gasteiger charge is -2.46. The molecule has 0 aromatic rings. The average molecular weight is 1020 g/mol. The van der Waals surface area contributed by atoms with E-state index in [2.05, 4.69) is 67.8 Å². The van der Waals surface area contributed by atoms with Crippen LogP contribution in [0.5, 0.6) is 0 Å². The number of ether oxygens (including phenoxy) is 4. The van der Waals surface area contributed by atoms with Gasteiger partial charge in [0.2, 0.25) is 5.91 Å². The van der Waals surface area contributed by atoms with Crippen LogP contribution in [0, 0.1) is 0 Å². The highest BCUT2D eigenvalue weighted by Crippen LogP contribution is 2.30. The first kappa shape index (κ1) is 65.8. The van der Waals surface area contributed by atoms with E-state index < -0.39 is 86.8 Å². The topological polar surface area (TPSA) is 228 Å². The molecule has 12 atom stereocenters. The van der Waals surface area contributed by atoms with E-state index in [9.17, 15) is 45.6 Å². The van der Waals surface area contributed by atoms with E-state index in [1.165, 1.54) is 122 Å². The van der Waals surface area contributed by atoms with Gasteiger partial charge in [-0.2, -0.15) is 0 Å². The maximum absolute atomic E-state index is 13.2. The van der Waals surface area contributed by atoms with Crippen molar-refractivity contribution < 1.29 is 64.6 Å². The Morgan fingerprint density at radius 3 is 1.47 bits per heavy atom. The Bertz CT molecular complexity index is 1440. The zero-order valence-electron chi connectivity index (χ0n) is 44.7. The minimum atomic E-state index is -1.79. The monoisotopic (exact) mass is 1020 g/mol. The normalized spacial score (nSPS) is 26.0. The number of carbonyl (C=O) groups is 1. The van der Waals surface area contributed by atoms with Gasteiger partial charge < -0.3 is 65.1 Å². The van der Waals surface area contributed by atoms with E-state index in [1.807, 2.05) is 6.08 Å². The third-order valence-corrected chi connectivity index (χ3v) is 13.7. The molecule has 0 saturated carbocycles. The van der Waals surface area contributed by atoms with Crippen LogP contribution in [0.4, 0.5) is 0 Å². The van der Waals surface area contributed by atoms with Crippen LogP contribution in [0.15, 0.2) is 60.8 Å². The van der Waals surface area contributed by atoms with Crippen molar-refractivity contribution in [1.29, 1.82) is 0 Å². The van der Waals surface area contributed by atoms with Crippen molar-refractivity contribution in [2.75, 3.05) is 19.8 Å². The van der Waals surface area contributed by atoms with Crippen LogP contribution < -0.4 is 5.32 Å². The highest BCUT2D eigenvalue weighted by molar-refractivity contribution is 5.76. The second-order valence-electron chi connectivity index (χ2n) is 20.0. The number of carbonyl (C=O) groups excluding carboxylic acids is 1. The van der Waals surface area contributed by atoms with Crippen LogP contribution in [-0.2, 0) is 23.7 Å². The summed E-state index contributed by atoms with van der Waals surface area (Å²) in [5.74, 6) is -0.281. The molecule has 2 saturated heterocycles. The molecule has 0 aromatic heterocycles. The molecule has 2 fully saturated rings. The highest BCUT2D eigenvalue weighted by atomic mass is 16.7. The van der Waals surface area contributed by atoms with Gasteiger partial charge in [-0.25, -0.2) is 0 Å². The number of hydrogen-bond acceptors (Lipinski definition) is 13. The summed E-state index contributed by atoms with van der Waals surface area (Å²) in [5.41, 5.74) is 0. The quantitative estimate of drug-likeness (QED) is 0.0205. The smallest absolute Gasteiger partial charge is 0.220 e. The summed E-state index contributed by atoms with van der Waals surface area (Å²) in [4.78, 5) is 13.2. The lowest BCUT2D eigenvalue weighted by Crippen LogP contribution is -2.65. The summed E-state index contributed by atoms with van der Waals surface area (Å²) in [6.45, 7) is 2.65. The summed E-state index contributed by atoms with van der Waals surface area (Å²) in [6, 6.07) is -0.939. The number of rotatable bonds is 44. The third kappa shape index (κ3) is 29.7. The molecule has 2 rings (SSSR count). The third-order valence-electron chi connectivity index (χ3n) is 13.7. The molecule has 72 heavy (non-hydrogen) atoms. The lowest BCUT2D eigenvalue weighted by atomic mass is 9.97. The molecule has 0 spiro atoms. The van der Waals surface area contributed by atoms with Crippen LogP contribution in [0.2, 0.25) is 0 Å². The van der Waals surface area contributed by atoms with Gasteiger partial charge in [0.25, 0.3) is 0 Å². The molecule has 12 unspecified atom stereocenters. The molecule has 2 aliphatic heterocycles. The number of nitrogens with one attached hydrogen (secondary N) is 1. The molecule has 2 aliphatic rings. The van der Waals surface area contributed by atoms with Crippen LogP contribution >= 0.6 is 0 Å². The first-order valence-electron chi connectivity index (χ1n) is 28.5. The molecule has 0 aliphatic carbocycles. The van der Waals surface area contributed by atoms with E-state index >= 15 is 0 Å². The number of unbranched alkanes of at least 4 members (excludes halogenated alkanes) is 23. The van der Waals surface area contributed by atoms with Gasteiger partial charge in [-0.05, 0) is 57.8 Å². The van der Waals surface area contributed by atoms with Gasteiger partial charge in [-0.3, -0.25) is 4.79 Å². The molecule has 14 heteroatoms. The largest absolute Gasteiger partial charge is 0.394 e. The summed E-state index contributed by atoms with van der Waals surface area (Å²) < 4.78 is 22.7. The Morgan fingerprint density at radius 2 is 0.958 bits per heavy atom. The van der Waals surface area contributed by atoms with Crippen LogP contribution in [0.25, 0.3) is 0 Å². The van der Waals surface area contributed by atoms with Crippen molar-refractivity contribution in [1.82, 2.24) is 5.32 Å². The van der Waals surface area contributed by atoms with Gasteiger partial charge in [0.1, 0.15) is 48.8 Å². The molecule has 1 amide bonds. The van der Waals surface area contributed by atoms with Gasteiger partial charge in [-0.1, -0.05) is 203 Å².